The van der Waals surface area contributed by atoms with Crippen LogP contribution in [0.15, 0.2) is 54.6 Å². The predicted molar refractivity (Wildman–Crippen MR) is 147 cm³/mol. The van der Waals surface area contributed by atoms with Crippen molar-refractivity contribution in [2.24, 2.45) is 5.41 Å². The van der Waals surface area contributed by atoms with Crippen LogP contribution in [0.3, 0.4) is 0 Å². The molecule has 0 unspecified atom stereocenters. The molecule has 2 saturated heterocycles. The fourth-order valence-electron chi connectivity index (χ4n) is 4.96. The Morgan fingerprint density at radius 1 is 0.881 bits per heavy atom. The first-order valence-electron chi connectivity index (χ1n) is 13.5. The molecule has 2 fully saturated rings. The Morgan fingerprint density at radius 2 is 1.48 bits per heavy atom. The molecule has 0 atom stereocenters. The normalized spacial score (nSPS) is 16.3. The van der Waals surface area contributed by atoms with E-state index in [1.165, 1.54) is 17.6 Å². The summed E-state index contributed by atoms with van der Waals surface area (Å²) < 4.78 is 42.5. The van der Waals surface area contributed by atoms with Gasteiger partial charge >= 0.3 is 24.2 Å². The smallest absolute Gasteiger partial charge is 0.444 e. The number of likely N-dealkylation sites (tertiary alicyclic amines) is 2. The lowest BCUT2D eigenvalue weighted by Gasteiger charge is -2.53. The molecular weight excluding hydrogens is 555 g/mol. The summed E-state index contributed by atoms with van der Waals surface area (Å²) in [5.74, 6) is -3.20. The van der Waals surface area contributed by atoms with Crippen LogP contribution in [-0.4, -0.2) is 71.7 Å². The number of carbonyl (C=O) groups excluding carboxylic acids is 4. The molecule has 42 heavy (non-hydrogen) atoms. The first-order valence-corrected chi connectivity index (χ1v) is 13.5. The summed E-state index contributed by atoms with van der Waals surface area (Å²) >= 11 is 0. The van der Waals surface area contributed by atoms with Gasteiger partial charge in [0.2, 0.25) is 0 Å². The molecule has 5 amide bonds. The fourth-order valence-corrected chi connectivity index (χ4v) is 4.96. The SMILES string of the molecule is CC(C)(C)OC(=O)N1CC2(CCN(C(=O)N(Cc3ccc(C(=O)NNC(=O)C(F)(F)F)cc3)c3ccccc3)CC2)C1. The van der Waals surface area contributed by atoms with Gasteiger partial charge in [0.05, 0.1) is 6.54 Å². The summed E-state index contributed by atoms with van der Waals surface area (Å²) in [4.78, 5) is 54.3. The van der Waals surface area contributed by atoms with E-state index in [1.807, 2.05) is 51.1 Å². The number of benzene rings is 2. The van der Waals surface area contributed by atoms with Gasteiger partial charge in [0.1, 0.15) is 5.60 Å². The topological polar surface area (TPSA) is 111 Å². The number of piperidine rings is 1. The minimum Gasteiger partial charge on any atom is -0.444 e. The number of ether oxygens (including phenoxy) is 1. The second-order valence-corrected chi connectivity index (χ2v) is 11.6. The first-order chi connectivity index (χ1) is 19.7. The van der Waals surface area contributed by atoms with Crippen LogP contribution in [0.4, 0.5) is 28.4 Å². The molecule has 2 aromatic rings. The van der Waals surface area contributed by atoms with E-state index < -0.39 is 23.6 Å². The maximum atomic E-state index is 13.7. The molecule has 2 aliphatic heterocycles. The van der Waals surface area contributed by atoms with E-state index in [4.69, 9.17) is 4.74 Å². The number of halogens is 3. The van der Waals surface area contributed by atoms with Gasteiger partial charge in [-0.25, -0.2) is 9.59 Å². The van der Waals surface area contributed by atoms with Gasteiger partial charge < -0.3 is 14.5 Å². The van der Waals surface area contributed by atoms with Crippen molar-refractivity contribution in [1.82, 2.24) is 20.7 Å². The highest BCUT2D eigenvalue weighted by atomic mass is 19.4. The quantitative estimate of drug-likeness (QED) is 0.512. The van der Waals surface area contributed by atoms with Crippen molar-refractivity contribution in [3.8, 4) is 0 Å². The Labute approximate surface area is 241 Å². The van der Waals surface area contributed by atoms with Crippen LogP contribution in [0.5, 0.6) is 0 Å². The average molecular weight is 590 g/mol. The Kier molecular flexibility index (Phi) is 8.69. The molecule has 0 saturated carbocycles. The Bertz CT molecular complexity index is 1300. The van der Waals surface area contributed by atoms with E-state index in [1.54, 1.807) is 32.3 Å². The summed E-state index contributed by atoms with van der Waals surface area (Å²) in [7, 11) is 0. The highest BCUT2D eigenvalue weighted by Crippen LogP contribution is 2.41. The largest absolute Gasteiger partial charge is 0.472 e. The van der Waals surface area contributed by atoms with Crippen molar-refractivity contribution in [2.75, 3.05) is 31.1 Å². The highest BCUT2D eigenvalue weighted by Gasteiger charge is 2.48. The Morgan fingerprint density at radius 3 is 2.02 bits per heavy atom. The van der Waals surface area contributed by atoms with E-state index in [0.29, 0.717) is 37.4 Å². The number of hydrogen-bond acceptors (Lipinski definition) is 5. The molecule has 2 heterocycles. The van der Waals surface area contributed by atoms with Crippen molar-refractivity contribution in [3.63, 3.8) is 0 Å². The Balaban J connectivity index is 1.37. The molecular formula is C29H34F3N5O5. The average Bonchev–Trinajstić information content (AvgIpc) is 2.92. The van der Waals surface area contributed by atoms with E-state index >= 15 is 0 Å². The van der Waals surface area contributed by atoms with Crippen molar-refractivity contribution >= 4 is 29.6 Å². The lowest BCUT2D eigenvalue weighted by molar-refractivity contribution is -0.174. The minimum absolute atomic E-state index is 0.0266. The second kappa shape index (κ2) is 11.9. The van der Waals surface area contributed by atoms with Crippen molar-refractivity contribution in [1.29, 1.82) is 0 Å². The Hall–Kier alpha value is -4.29. The zero-order chi connectivity index (χ0) is 30.7. The van der Waals surface area contributed by atoms with Gasteiger partial charge in [0.15, 0.2) is 0 Å². The van der Waals surface area contributed by atoms with Crippen molar-refractivity contribution in [3.05, 3.63) is 65.7 Å². The number of amides is 5. The molecule has 4 rings (SSSR count). The van der Waals surface area contributed by atoms with Crippen LogP contribution in [0.25, 0.3) is 0 Å². The summed E-state index contributed by atoms with van der Waals surface area (Å²) in [6.45, 7) is 7.95. The molecule has 13 heteroatoms. The summed E-state index contributed by atoms with van der Waals surface area (Å²) in [5.41, 5.74) is 3.86. The van der Waals surface area contributed by atoms with E-state index in [-0.39, 0.29) is 29.6 Å². The van der Waals surface area contributed by atoms with Gasteiger partial charge in [0, 0.05) is 42.8 Å². The number of nitrogens with one attached hydrogen (secondary N) is 2. The minimum atomic E-state index is -5.13. The molecule has 0 aliphatic carbocycles. The number of para-hydroxylation sites is 1. The van der Waals surface area contributed by atoms with Crippen molar-refractivity contribution < 1.29 is 37.1 Å². The van der Waals surface area contributed by atoms with Crippen molar-refractivity contribution in [2.45, 2.75) is 51.9 Å². The number of rotatable bonds is 4. The van der Waals surface area contributed by atoms with Gasteiger partial charge in [0.25, 0.3) is 5.91 Å². The molecule has 2 aliphatic rings. The van der Waals surface area contributed by atoms with Crippen LogP contribution in [0.2, 0.25) is 0 Å². The van der Waals surface area contributed by atoms with Gasteiger partial charge in [-0.15, -0.1) is 0 Å². The third-order valence-corrected chi connectivity index (χ3v) is 7.20. The monoisotopic (exact) mass is 589 g/mol. The van der Waals surface area contributed by atoms with Gasteiger partial charge in [-0.05, 0) is 63.4 Å². The van der Waals surface area contributed by atoms with Gasteiger partial charge in [-0.1, -0.05) is 30.3 Å². The third-order valence-electron chi connectivity index (χ3n) is 7.20. The molecule has 2 N–H and O–H groups in total. The van der Waals surface area contributed by atoms with Crippen LogP contribution >= 0.6 is 0 Å². The lowest BCUT2D eigenvalue weighted by Crippen LogP contribution is -2.63. The van der Waals surface area contributed by atoms with E-state index in [0.717, 1.165) is 12.8 Å². The van der Waals surface area contributed by atoms with E-state index in [9.17, 15) is 32.3 Å². The molecule has 0 bridgehead atoms. The van der Waals surface area contributed by atoms with Crippen LogP contribution in [0.1, 0.15) is 49.5 Å². The number of nitrogens with zero attached hydrogens (tertiary/aromatic N) is 3. The van der Waals surface area contributed by atoms with Gasteiger partial charge in [-0.3, -0.25) is 25.3 Å². The maximum Gasteiger partial charge on any atom is 0.472 e. The summed E-state index contributed by atoms with van der Waals surface area (Å²) in [6, 6.07) is 14.9. The maximum absolute atomic E-state index is 13.7. The zero-order valence-corrected chi connectivity index (χ0v) is 23.7. The predicted octanol–water partition coefficient (Wildman–Crippen LogP) is 4.47. The van der Waals surface area contributed by atoms with Gasteiger partial charge in [-0.2, -0.15) is 13.2 Å². The van der Waals surface area contributed by atoms with Crippen LogP contribution in [-0.2, 0) is 16.1 Å². The molecule has 1 spiro atoms. The first kappa shape index (κ1) is 30.7. The number of urea groups is 1. The summed E-state index contributed by atoms with van der Waals surface area (Å²) in [5, 5.41) is 0. The number of hydrogen-bond donors (Lipinski definition) is 2. The fraction of sp³-hybridized carbons (Fsp3) is 0.448. The number of hydrazine groups is 1. The number of alkyl halides is 3. The summed E-state index contributed by atoms with van der Waals surface area (Å²) in [6.07, 6.45) is -3.93. The standard InChI is InChI=1S/C29H34F3N5O5/c1-27(2,3)42-26(41)36-18-28(19-36)13-15-35(16-14-28)25(40)37(22-7-5-4-6-8-22)17-20-9-11-21(12-10-20)23(38)33-34-24(39)29(30,31)32/h4-12H,13-19H2,1-3H3,(H,33,38)(H,34,39). The second-order valence-electron chi connectivity index (χ2n) is 11.6. The molecule has 0 aromatic heterocycles. The number of carbonyl (C=O) groups is 4. The number of anilines is 1. The highest BCUT2D eigenvalue weighted by molar-refractivity contribution is 5.96. The van der Waals surface area contributed by atoms with E-state index in [2.05, 4.69) is 0 Å². The van der Waals surface area contributed by atoms with Crippen LogP contribution in [0, 0.1) is 5.41 Å². The molecule has 2 aromatic carbocycles. The lowest BCUT2D eigenvalue weighted by atomic mass is 9.72. The molecule has 226 valence electrons. The zero-order valence-electron chi connectivity index (χ0n) is 23.7. The molecule has 0 radical (unpaired) electrons. The third kappa shape index (κ3) is 7.51. The van der Waals surface area contributed by atoms with Crippen LogP contribution < -0.4 is 15.8 Å². The molecule has 10 nitrogen and oxygen atoms in total.